The van der Waals surface area contributed by atoms with Crippen LogP contribution in [0.15, 0.2) is 42.7 Å². The summed E-state index contributed by atoms with van der Waals surface area (Å²) in [5, 5.41) is 7.65. The number of pyridine rings is 1. The number of benzene rings is 1. The number of nitrogens with zero attached hydrogens (tertiary/aromatic N) is 2. The minimum atomic E-state index is -5.30. The molecule has 0 radical (unpaired) electrons. The summed E-state index contributed by atoms with van der Waals surface area (Å²) in [6.07, 6.45) is -1.33. The molecule has 188 valence electrons. The molecule has 2 aliphatic rings. The molecule has 3 N–H and O–H groups in total. The highest BCUT2D eigenvalue weighted by Gasteiger charge is 2.67. The quantitative estimate of drug-likeness (QED) is 0.474. The summed E-state index contributed by atoms with van der Waals surface area (Å²) in [6, 6.07) is 6.60. The number of carbonyl (C=O) groups is 2. The zero-order chi connectivity index (χ0) is 25.4. The Labute approximate surface area is 198 Å². The topological polar surface area (TPSA) is 191 Å². The van der Waals surface area contributed by atoms with Crippen LogP contribution < -0.4 is 9.47 Å². The first kappa shape index (κ1) is 25.4. The molecule has 2 amide bonds. The number of hydrogen-bond acceptors (Lipinski definition) is 11. The number of aliphatic hydroxyl groups is 1. The molecule has 2 fully saturated rings. The molecule has 2 saturated heterocycles. The van der Waals surface area contributed by atoms with Crippen LogP contribution in [0, 0.1) is 0 Å². The number of methoxy groups -OCH3 is 1. The average Bonchev–Trinajstić information content (AvgIpc) is 3.24. The third-order valence-corrected chi connectivity index (χ3v) is 9.78. The number of ether oxygens (including phenoxy) is 3. The zero-order valence-corrected chi connectivity index (χ0v) is 19.8. The Kier molecular flexibility index (Phi) is 6.84. The van der Waals surface area contributed by atoms with E-state index in [0.717, 1.165) is 0 Å². The van der Waals surface area contributed by atoms with Gasteiger partial charge in [0.2, 0.25) is 6.29 Å². The van der Waals surface area contributed by atoms with Gasteiger partial charge in [-0.15, -0.1) is 0 Å². The van der Waals surface area contributed by atoms with Gasteiger partial charge in [0.05, 0.1) is 12.7 Å². The van der Waals surface area contributed by atoms with Gasteiger partial charge >= 0.3 is 21.3 Å². The van der Waals surface area contributed by atoms with Crippen molar-refractivity contribution >= 4 is 27.2 Å². The van der Waals surface area contributed by atoms with Crippen molar-refractivity contribution in [2.24, 2.45) is 0 Å². The van der Waals surface area contributed by atoms with Crippen LogP contribution in [-0.2, 0) is 34.1 Å². The number of imide groups is 1. The minimum Gasteiger partial charge on any atom is -0.497 e. The summed E-state index contributed by atoms with van der Waals surface area (Å²) in [5.74, 6) is -0.849. The van der Waals surface area contributed by atoms with Gasteiger partial charge in [0.15, 0.2) is 0 Å². The van der Waals surface area contributed by atoms with Gasteiger partial charge in [0.1, 0.15) is 24.8 Å². The highest BCUT2D eigenvalue weighted by molar-refractivity contribution is 7.73. The van der Waals surface area contributed by atoms with Crippen molar-refractivity contribution in [3.8, 4) is 11.5 Å². The Morgan fingerprint density at radius 1 is 1.26 bits per heavy atom. The SMILES string of the molecule is COc1ccc(OC(=O)N2COCC2=O)c(C2OP(=O)(O)C(O)(Cc3cccnc3)P(=O)(O)O2)c1. The molecular weight excluding hydrogens is 510 g/mol. The second-order valence-corrected chi connectivity index (χ2v) is 11.8. The fourth-order valence-corrected chi connectivity index (χ4v) is 6.87. The summed E-state index contributed by atoms with van der Waals surface area (Å²) in [6.45, 7) is -0.672. The number of aromatic nitrogens is 1. The van der Waals surface area contributed by atoms with Crippen molar-refractivity contribution in [1.82, 2.24) is 9.88 Å². The lowest BCUT2D eigenvalue weighted by molar-refractivity contribution is -0.125. The van der Waals surface area contributed by atoms with Crippen molar-refractivity contribution in [3.05, 3.63) is 53.9 Å². The van der Waals surface area contributed by atoms with E-state index in [2.05, 4.69) is 4.98 Å². The Hall–Kier alpha value is -2.67. The van der Waals surface area contributed by atoms with Gasteiger partial charge in [0.25, 0.3) is 11.0 Å². The van der Waals surface area contributed by atoms with Gasteiger partial charge < -0.3 is 29.1 Å². The molecule has 35 heavy (non-hydrogen) atoms. The Morgan fingerprint density at radius 3 is 2.54 bits per heavy atom. The van der Waals surface area contributed by atoms with Gasteiger partial charge in [0, 0.05) is 18.8 Å². The van der Waals surface area contributed by atoms with Crippen molar-refractivity contribution < 1.29 is 56.9 Å². The van der Waals surface area contributed by atoms with E-state index in [1.54, 1.807) is 0 Å². The first-order valence-corrected chi connectivity index (χ1v) is 13.0. The summed E-state index contributed by atoms with van der Waals surface area (Å²) >= 11 is 0. The molecule has 1 aromatic carbocycles. The molecule has 4 rings (SSSR count). The molecule has 16 heteroatoms. The van der Waals surface area contributed by atoms with Crippen molar-refractivity contribution in [2.75, 3.05) is 20.4 Å². The van der Waals surface area contributed by atoms with Crippen LogP contribution in [0.1, 0.15) is 17.4 Å². The predicted octanol–water partition coefficient (Wildman–Crippen LogP) is 1.71. The first-order chi connectivity index (χ1) is 16.5. The molecule has 0 spiro atoms. The first-order valence-electron chi connectivity index (χ1n) is 9.89. The van der Waals surface area contributed by atoms with E-state index in [1.807, 2.05) is 0 Å². The summed E-state index contributed by atoms with van der Waals surface area (Å²) in [4.78, 5) is 49.8. The van der Waals surface area contributed by atoms with Gasteiger partial charge in [-0.1, -0.05) is 6.07 Å². The largest absolute Gasteiger partial charge is 0.497 e. The lowest BCUT2D eigenvalue weighted by atomic mass is 10.2. The van der Waals surface area contributed by atoms with E-state index in [0.29, 0.717) is 4.90 Å². The van der Waals surface area contributed by atoms with Crippen LogP contribution in [-0.4, -0.2) is 62.3 Å². The Balaban J connectivity index is 1.68. The maximum Gasteiger partial charge on any atom is 0.424 e. The Bertz CT molecular complexity index is 1210. The summed E-state index contributed by atoms with van der Waals surface area (Å²) in [7, 11) is -9.30. The van der Waals surface area contributed by atoms with Crippen LogP contribution in [0.3, 0.4) is 0 Å². The number of hydrogen-bond donors (Lipinski definition) is 3. The van der Waals surface area contributed by atoms with Gasteiger partial charge in [-0.05, 0) is 29.8 Å². The number of carbonyl (C=O) groups excluding carboxylic acids is 2. The lowest BCUT2D eigenvalue weighted by Crippen LogP contribution is -2.38. The lowest BCUT2D eigenvalue weighted by Gasteiger charge is -2.41. The van der Waals surface area contributed by atoms with Crippen LogP contribution in [0.25, 0.3) is 0 Å². The smallest absolute Gasteiger partial charge is 0.424 e. The normalized spacial score (nSPS) is 30.8. The molecule has 2 unspecified atom stereocenters. The molecule has 0 aliphatic carbocycles. The molecule has 0 saturated carbocycles. The van der Waals surface area contributed by atoms with Crippen molar-refractivity contribution in [1.29, 1.82) is 0 Å². The van der Waals surface area contributed by atoms with Crippen LogP contribution in [0.2, 0.25) is 0 Å². The minimum absolute atomic E-state index is 0.143. The molecule has 1 aromatic heterocycles. The second-order valence-electron chi connectivity index (χ2n) is 7.47. The zero-order valence-electron chi connectivity index (χ0n) is 18.0. The summed E-state index contributed by atoms with van der Waals surface area (Å²) < 4.78 is 51.5. The van der Waals surface area contributed by atoms with Crippen LogP contribution in [0.4, 0.5) is 4.79 Å². The van der Waals surface area contributed by atoms with Crippen LogP contribution in [0.5, 0.6) is 11.5 Å². The van der Waals surface area contributed by atoms with Gasteiger partial charge in [-0.2, -0.15) is 0 Å². The van der Waals surface area contributed by atoms with E-state index < -0.39 is 45.0 Å². The van der Waals surface area contributed by atoms with E-state index in [1.165, 1.54) is 49.8 Å². The monoisotopic (exact) mass is 530 g/mol. The third-order valence-electron chi connectivity index (χ3n) is 5.18. The van der Waals surface area contributed by atoms with Crippen molar-refractivity contribution in [2.45, 2.75) is 17.8 Å². The molecular formula is C19H20N2O12P2. The molecule has 0 bridgehead atoms. The molecule has 3 heterocycles. The maximum absolute atomic E-state index is 13.1. The maximum atomic E-state index is 13.1. The third kappa shape index (κ3) is 4.75. The van der Waals surface area contributed by atoms with Crippen molar-refractivity contribution in [3.63, 3.8) is 0 Å². The standard InChI is InChI=1S/C19H20N2O12P2/c1-29-13-4-5-15(31-18(23)21-11-30-10-16(21)22)14(7-13)17-32-34(25,26)19(24,35(27,28)33-17)8-12-3-2-6-20-9-12/h2-7,9,17,24H,8,10-11H2,1H3,(H,25,26)(H,27,28). The van der Waals surface area contributed by atoms with E-state index in [4.69, 9.17) is 23.3 Å². The fourth-order valence-electron chi connectivity index (χ4n) is 3.31. The molecule has 14 nitrogen and oxygen atoms in total. The van der Waals surface area contributed by atoms with Gasteiger partial charge in [-0.3, -0.25) is 28.0 Å². The highest BCUT2D eigenvalue weighted by Crippen LogP contribution is 2.79. The molecule has 2 aromatic rings. The van der Waals surface area contributed by atoms with E-state index in [-0.39, 0.29) is 36.0 Å². The predicted molar refractivity (Wildman–Crippen MR) is 114 cm³/mol. The van der Waals surface area contributed by atoms with Crippen LogP contribution >= 0.6 is 15.2 Å². The highest BCUT2D eigenvalue weighted by atomic mass is 31.2. The van der Waals surface area contributed by atoms with Gasteiger partial charge in [-0.25, -0.2) is 9.69 Å². The average molecular weight is 530 g/mol. The Morgan fingerprint density at radius 2 is 1.97 bits per heavy atom. The van der Waals surface area contributed by atoms with E-state index >= 15 is 0 Å². The second kappa shape index (κ2) is 9.41. The molecule has 2 aliphatic heterocycles. The molecule has 2 atom stereocenters. The number of rotatable bonds is 5. The fraction of sp³-hybridized carbons (Fsp3) is 0.316. The number of amides is 2. The summed E-state index contributed by atoms with van der Waals surface area (Å²) in [5.41, 5.74) is -0.130. The van der Waals surface area contributed by atoms with E-state index in [9.17, 15) is 33.6 Å².